The molecule has 5 rings (SSSR count). The van der Waals surface area contributed by atoms with E-state index >= 15 is 0 Å². The zero-order valence-electron chi connectivity index (χ0n) is 40.3. The Bertz CT molecular complexity index is 2400. The molecule has 1 aliphatic heterocycles. The summed E-state index contributed by atoms with van der Waals surface area (Å²) in [6.45, 7) is 18.9. The van der Waals surface area contributed by atoms with Crippen LogP contribution in [0.1, 0.15) is 61.5 Å². The molecule has 1 aliphatic rings. The monoisotopic (exact) mass is 955 g/mol. The topological polar surface area (TPSA) is 239 Å². The van der Waals surface area contributed by atoms with E-state index in [9.17, 15) is 29.4 Å². The van der Waals surface area contributed by atoms with Crippen LogP contribution in [0.25, 0.3) is 28.0 Å². The van der Waals surface area contributed by atoms with E-state index in [2.05, 4.69) is 43.3 Å². The molecule has 17 nitrogen and oxygen atoms in total. The minimum Gasteiger partial charge on any atom is -0.504 e. The average Bonchev–Trinajstić information content (AvgIpc) is 3.33. The number of hydrazine groups is 1. The first-order chi connectivity index (χ1) is 33.3. The number of likely N-dealkylation sites (N-methyl/N-ethyl adjacent to an activating group) is 1. The Morgan fingerprint density at radius 2 is 1.43 bits per heavy atom. The molecule has 374 valence electrons. The molecule has 69 heavy (non-hydrogen) atoms. The third-order valence-corrected chi connectivity index (χ3v) is 9.99. The van der Waals surface area contributed by atoms with Gasteiger partial charge in [0.05, 0.1) is 89.4 Å². The fraction of sp³-hybridized carbons (Fsp3) is 0.385. The van der Waals surface area contributed by atoms with E-state index in [1.807, 2.05) is 25.2 Å². The molecule has 0 atom stereocenters. The van der Waals surface area contributed by atoms with Gasteiger partial charge in [-0.05, 0) is 42.8 Å². The number of ether oxygens (including phenoxy) is 5. The fourth-order valence-electron chi connectivity index (χ4n) is 6.62. The lowest BCUT2D eigenvalue weighted by Gasteiger charge is -2.32. The van der Waals surface area contributed by atoms with Gasteiger partial charge in [-0.25, -0.2) is 5.84 Å². The van der Waals surface area contributed by atoms with Crippen molar-refractivity contribution in [3.8, 4) is 22.8 Å². The van der Waals surface area contributed by atoms with Gasteiger partial charge in [-0.1, -0.05) is 75.9 Å². The van der Waals surface area contributed by atoms with Crippen molar-refractivity contribution in [2.24, 2.45) is 11.6 Å². The highest BCUT2D eigenvalue weighted by atomic mass is 16.6. The summed E-state index contributed by atoms with van der Waals surface area (Å²) in [4.78, 5) is 46.7. The number of benzene rings is 3. The second-order valence-corrected chi connectivity index (χ2v) is 15.5. The molecular weight excluding hydrogens is 887 g/mol. The molecule has 7 N–H and O–H groups in total. The van der Waals surface area contributed by atoms with Gasteiger partial charge in [0, 0.05) is 67.0 Å². The minimum absolute atomic E-state index is 0.0760. The van der Waals surface area contributed by atoms with Crippen molar-refractivity contribution >= 4 is 34.6 Å². The third kappa shape index (κ3) is 18.4. The van der Waals surface area contributed by atoms with Crippen LogP contribution in [0.15, 0.2) is 118 Å². The summed E-state index contributed by atoms with van der Waals surface area (Å²) in [5.74, 6) is 5.63. The molecule has 1 amide bonds. The largest absolute Gasteiger partial charge is 0.504 e. The SMILES string of the molecule is C=CC1=C(\C=C)N(C)Cc2ccccc2/C(N(N)CCOCCOCCOCCOCCOCCNC(=O)c2ccc(-c3cc(=O)c4ccc(O)c(O)c4o3)cc2)=C\1N.CC(=O)CCC=O.CCC. The number of carbonyl (C=O) groups excluding carboxylic acids is 3. The van der Waals surface area contributed by atoms with E-state index in [4.69, 9.17) is 39.7 Å². The van der Waals surface area contributed by atoms with E-state index in [1.54, 1.807) is 41.4 Å². The first-order valence-electron chi connectivity index (χ1n) is 22.8. The Hall–Kier alpha value is -6.60. The van der Waals surface area contributed by atoms with Crippen LogP contribution in [0.2, 0.25) is 0 Å². The molecule has 0 radical (unpaired) electrons. The lowest BCUT2D eigenvalue weighted by molar-refractivity contribution is -0.118. The van der Waals surface area contributed by atoms with E-state index in [1.165, 1.54) is 31.5 Å². The molecule has 17 heteroatoms. The minimum atomic E-state index is -0.513. The normalized spacial score (nSPS) is 14.2. The number of hydrogen-bond donors (Lipinski definition) is 5. The molecule has 3 aromatic carbocycles. The van der Waals surface area contributed by atoms with Gasteiger partial charge in [0.15, 0.2) is 16.8 Å². The van der Waals surface area contributed by atoms with Gasteiger partial charge in [-0.2, -0.15) is 0 Å². The van der Waals surface area contributed by atoms with Crippen molar-refractivity contribution in [2.75, 3.05) is 86.2 Å². The number of aromatic hydroxyl groups is 2. The molecule has 1 aromatic heterocycles. The second-order valence-electron chi connectivity index (χ2n) is 15.5. The Labute approximate surface area is 404 Å². The Balaban J connectivity index is 0.00000114. The highest BCUT2D eigenvalue weighted by Crippen LogP contribution is 2.35. The van der Waals surface area contributed by atoms with Gasteiger partial charge in [0.1, 0.15) is 17.8 Å². The Morgan fingerprint density at radius 3 is 1.99 bits per heavy atom. The summed E-state index contributed by atoms with van der Waals surface area (Å²) in [5, 5.41) is 24.4. The van der Waals surface area contributed by atoms with Gasteiger partial charge >= 0.3 is 0 Å². The zero-order valence-corrected chi connectivity index (χ0v) is 40.3. The number of allylic oxidation sites excluding steroid dienone is 2. The van der Waals surface area contributed by atoms with Crippen molar-refractivity contribution in [1.82, 2.24) is 15.2 Å². The van der Waals surface area contributed by atoms with Crippen LogP contribution in [0.5, 0.6) is 11.5 Å². The number of hydrogen-bond acceptors (Lipinski definition) is 16. The predicted molar refractivity (Wildman–Crippen MR) is 267 cm³/mol. The van der Waals surface area contributed by atoms with E-state index in [-0.39, 0.29) is 33.8 Å². The highest BCUT2D eigenvalue weighted by molar-refractivity contribution is 5.94. The molecule has 4 aromatic rings. The lowest BCUT2D eigenvalue weighted by Crippen LogP contribution is -2.36. The molecule has 0 unspecified atom stereocenters. The van der Waals surface area contributed by atoms with Crippen molar-refractivity contribution < 1.29 is 52.7 Å². The maximum absolute atomic E-state index is 12.6. The van der Waals surface area contributed by atoms with Crippen LogP contribution in [0, 0.1) is 0 Å². The van der Waals surface area contributed by atoms with E-state index < -0.39 is 11.5 Å². The number of nitrogens with one attached hydrogen (secondary N) is 1. The summed E-state index contributed by atoms with van der Waals surface area (Å²) in [7, 11) is 2.00. The summed E-state index contributed by atoms with van der Waals surface area (Å²) < 4.78 is 33.7. The first kappa shape index (κ1) is 56.7. The number of ketones is 1. The van der Waals surface area contributed by atoms with Crippen molar-refractivity contribution in [3.05, 3.63) is 136 Å². The second kappa shape index (κ2) is 31.4. The van der Waals surface area contributed by atoms with Crippen LogP contribution >= 0.6 is 0 Å². The van der Waals surface area contributed by atoms with Crippen LogP contribution < -0.4 is 22.3 Å². The molecule has 0 fully saturated rings. The van der Waals surface area contributed by atoms with Gasteiger partial charge in [0.2, 0.25) is 5.75 Å². The number of nitrogens with zero attached hydrogens (tertiary/aromatic N) is 2. The number of carbonyl (C=O) groups is 3. The number of phenolic OH excluding ortho intramolecular Hbond substituents is 2. The summed E-state index contributed by atoms with van der Waals surface area (Å²) in [5.41, 5.74) is 12.1. The number of aldehydes is 1. The molecule has 0 saturated heterocycles. The molecule has 0 bridgehead atoms. The van der Waals surface area contributed by atoms with Gasteiger partial charge in [-0.3, -0.25) is 9.59 Å². The summed E-state index contributed by atoms with van der Waals surface area (Å²) in [6.07, 6.45) is 6.27. The molecular formula is C52H69N5O12. The number of amides is 1. The number of nitrogens with two attached hydrogens (primary N) is 2. The fourth-order valence-corrected chi connectivity index (χ4v) is 6.62. The standard InChI is InChI=1S/C44H53N5O10.C5H8O2.C3H8/c1-4-33-36(5-2)48(3)29-32-8-6-7-9-34(32)41(40(33)45)49(46)17-19-55-21-23-57-25-27-58-26-24-56-22-20-54-18-16-47-44(53)31-12-10-30(11-13-31)39-28-38(51)35-14-15-37(50)42(52)43(35)59-39;1-5(7)3-2-4-6;1-3-2/h4-15,28,50,52H,1-2,16-27,29,45-46H2,3H3,(H,47,53);4H,2-3H2,1H3;3H2,1-2H3/b36-33-,41-40-;;. The molecule has 0 aliphatic carbocycles. The number of Topliss-reactive ketones (excluding diaryl/α,β-unsaturated/α-hetero) is 1. The Kier molecular flexibility index (Phi) is 25.8. The molecule has 0 saturated carbocycles. The maximum atomic E-state index is 12.6. The van der Waals surface area contributed by atoms with E-state index in [0.29, 0.717) is 121 Å². The van der Waals surface area contributed by atoms with Crippen molar-refractivity contribution in [3.63, 3.8) is 0 Å². The quantitative estimate of drug-likeness (QED) is 0.0154. The summed E-state index contributed by atoms with van der Waals surface area (Å²) >= 11 is 0. The predicted octanol–water partition coefficient (Wildman–Crippen LogP) is 6.23. The third-order valence-electron chi connectivity index (χ3n) is 9.99. The summed E-state index contributed by atoms with van der Waals surface area (Å²) in [6, 6.07) is 18.4. The molecule has 0 spiro atoms. The van der Waals surface area contributed by atoms with Gasteiger partial charge in [0.25, 0.3) is 5.91 Å². The van der Waals surface area contributed by atoms with Gasteiger partial charge in [-0.15, -0.1) is 0 Å². The number of fused-ring (bicyclic) bond motifs is 2. The Morgan fingerprint density at radius 1 is 0.855 bits per heavy atom. The van der Waals surface area contributed by atoms with Gasteiger partial charge < -0.3 is 68.9 Å². The lowest BCUT2D eigenvalue weighted by atomic mass is 9.96. The zero-order chi connectivity index (χ0) is 50.6. The highest BCUT2D eigenvalue weighted by Gasteiger charge is 2.23. The van der Waals surface area contributed by atoms with Crippen LogP contribution in [-0.4, -0.2) is 124 Å². The number of rotatable bonds is 26. The van der Waals surface area contributed by atoms with E-state index in [0.717, 1.165) is 28.7 Å². The smallest absolute Gasteiger partial charge is 0.251 e. The van der Waals surface area contributed by atoms with Crippen molar-refractivity contribution in [2.45, 2.75) is 46.6 Å². The maximum Gasteiger partial charge on any atom is 0.251 e. The van der Waals surface area contributed by atoms with Crippen LogP contribution in [-0.2, 0) is 39.8 Å². The number of phenols is 2. The average molecular weight is 956 g/mol. The van der Waals surface area contributed by atoms with Crippen LogP contribution in [0.3, 0.4) is 0 Å². The van der Waals surface area contributed by atoms with Crippen molar-refractivity contribution in [1.29, 1.82) is 0 Å². The first-order valence-corrected chi connectivity index (χ1v) is 22.8. The van der Waals surface area contributed by atoms with Crippen LogP contribution in [0.4, 0.5) is 0 Å². The molecule has 2 heterocycles.